The van der Waals surface area contributed by atoms with Gasteiger partial charge < -0.3 is 5.32 Å². The number of anilines is 1. The molecule has 0 unspecified atom stereocenters. The van der Waals surface area contributed by atoms with Crippen molar-refractivity contribution in [3.05, 3.63) is 89.3 Å². The highest BCUT2D eigenvalue weighted by molar-refractivity contribution is 7.18. The summed E-state index contributed by atoms with van der Waals surface area (Å²) < 4.78 is 2.29. The molecule has 0 aliphatic heterocycles. The minimum absolute atomic E-state index is 0.272. The molecule has 0 fully saturated rings. The standard InChI is InChI=1S/C21H14Cl3N3O3S/c1-11-7-15-19(29)27(14-4-2-3-12(22)8-14)21(30)26(20(15)31-11)10-18(28)25-17-6-5-13(23)9-16(17)24/h2-9H,10H2,1H3,(H,25,28). The molecule has 0 saturated carbocycles. The molecule has 0 bridgehead atoms. The predicted molar refractivity (Wildman–Crippen MR) is 127 cm³/mol. The molecule has 31 heavy (non-hydrogen) atoms. The van der Waals surface area contributed by atoms with Gasteiger partial charge in [-0.1, -0.05) is 40.9 Å². The number of thiophene rings is 1. The molecule has 0 aliphatic rings. The Morgan fingerprint density at radius 3 is 2.48 bits per heavy atom. The summed E-state index contributed by atoms with van der Waals surface area (Å²) in [5.41, 5.74) is -0.419. The fourth-order valence-corrected chi connectivity index (χ4v) is 4.81. The number of rotatable bonds is 4. The van der Waals surface area contributed by atoms with Crippen molar-refractivity contribution in [2.75, 3.05) is 5.32 Å². The quantitative estimate of drug-likeness (QED) is 0.428. The van der Waals surface area contributed by atoms with Crippen molar-refractivity contribution in [1.29, 1.82) is 0 Å². The molecule has 0 spiro atoms. The van der Waals surface area contributed by atoms with Crippen LogP contribution in [0.3, 0.4) is 0 Å². The van der Waals surface area contributed by atoms with Crippen LogP contribution >= 0.6 is 46.1 Å². The average molecular weight is 495 g/mol. The van der Waals surface area contributed by atoms with Gasteiger partial charge in [-0.05, 0) is 49.4 Å². The maximum Gasteiger partial charge on any atom is 0.337 e. The van der Waals surface area contributed by atoms with Crippen molar-refractivity contribution >= 4 is 68.0 Å². The number of carbonyl (C=O) groups is 1. The lowest BCUT2D eigenvalue weighted by Crippen LogP contribution is -2.40. The van der Waals surface area contributed by atoms with Crippen molar-refractivity contribution < 1.29 is 4.79 Å². The largest absolute Gasteiger partial charge is 0.337 e. The number of benzene rings is 2. The van der Waals surface area contributed by atoms with E-state index in [0.717, 1.165) is 9.44 Å². The van der Waals surface area contributed by atoms with Crippen LogP contribution in [0.4, 0.5) is 5.69 Å². The van der Waals surface area contributed by atoms with Crippen molar-refractivity contribution in [2.24, 2.45) is 0 Å². The Hall–Kier alpha value is -2.58. The number of amides is 1. The summed E-state index contributed by atoms with van der Waals surface area (Å²) in [5.74, 6) is -0.477. The van der Waals surface area contributed by atoms with Gasteiger partial charge in [-0.3, -0.25) is 14.2 Å². The normalized spacial score (nSPS) is 11.1. The average Bonchev–Trinajstić information content (AvgIpc) is 3.09. The zero-order valence-corrected chi connectivity index (χ0v) is 19.1. The van der Waals surface area contributed by atoms with Crippen LogP contribution in [-0.2, 0) is 11.3 Å². The minimum atomic E-state index is -0.640. The SMILES string of the molecule is Cc1cc2c(=O)n(-c3cccc(Cl)c3)c(=O)n(CC(=O)Nc3ccc(Cl)cc3Cl)c2s1. The third-order valence-electron chi connectivity index (χ3n) is 4.51. The van der Waals surface area contributed by atoms with Crippen LogP contribution in [0.2, 0.25) is 15.1 Å². The fraction of sp³-hybridized carbons (Fsp3) is 0.0952. The Morgan fingerprint density at radius 1 is 1.03 bits per heavy atom. The summed E-state index contributed by atoms with van der Waals surface area (Å²) in [5, 5.41) is 4.11. The summed E-state index contributed by atoms with van der Waals surface area (Å²) in [6.07, 6.45) is 0. The molecule has 10 heteroatoms. The maximum absolute atomic E-state index is 13.3. The third kappa shape index (κ3) is 4.27. The van der Waals surface area contributed by atoms with Gasteiger partial charge in [-0.25, -0.2) is 9.36 Å². The Kier molecular flexibility index (Phi) is 5.94. The van der Waals surface area contributed by atoms with Gasteiger partial charge in [-0.15, -0.1) is 11.3 Å². The van der Waals surface area contributed by atoms with Gasteiger partial charge >= 0.3 is 5.69 Å². The highest BCUT2D eigenvalue weighted by Gasteiger charge is 2.19. The molecule has 2 heterocycles. The summed E-state index contributed by atoms with van der Waals surface area (Å²) in [6.45, 7) is 1.52. The lowest BCUT2D eigenvalue weighted by molar-refractivity contribution is -0.116. The van der Waals surface area contributed by atoms with E-state index >= 15 is 0 Å². The molecule has 1 N–H and O–H groups in total. The first-order chi connectivity index (χ1) is 14.7. The lowest BCUT2D eigenvalue weighted by Gasteiger charge is -2.13. The summed E-state index contributed by atoms with van der Waals surface area (Å²) >= 11 is 19.3. The van der Waals surface area contributed by atoms with E-state index in [4.69, 9.17) is 34.8 Å². The molecule has 4 rings (SSSR count). The highest BCUT2D eigenvalue weighted by Crippen LogP contribution is 2.26. The summed E-state index contributed by atoms with van der Waals surface area (Å²) in [4.78, 5) is 40.4. The van der Waals surface area contributed by atoms with E-state index in [1.807, 2.05) is 6.92 Å². The van der Waals surface area contributed by atoms with Gasteiger partial charge in [-0.2, -0.15) is 0 Å². The van der Waals surface area contributed by atoms with E-state index in [2.05, 4.69) is 5.32 Å². The van der Waals surface area contributed by atoms with Gasteiger partial charge in [0.05, 0.1) is 21.8 Å². The third-order valence-corrected chi connectivity index (χ3v) is 6.37. The van der Waals surface area contributed by atoms with Crippen LogP contribution in [0.15, 0.2) is 58.1 Å². The molecule has 2 aromatic heterocycles. The number of aromatic nitrogens is 2. The second-order valence-corrected chi connectivity index (χ2v) is 9.25. The molecule has 0 aliphatic carbocycles. The van der Waals surface area contributed by atoms with Gasteiger partial charge in [0.15, 0.2) is 0 Å². The molecule has 1 amide bonds. The first kappa shape index (κ1) is 21.6. The first-order valence-corrected chi connectivity index (χ1v) is 11.0. The van der Waals surface area contributed by atoms with Crippen LogP contribution in [0.25, 0.3) is 15.9 Å². The van der Waals surface area contributed by atoms with Crippen LogP contribution in [0, 0.1) is 6.92 Å². The number of halogens is 3. The Labute approximate surface area is 195 Å². The highest BCUT2D eigenvalue weighted by atomic mass is 35.5. The molecule has 0 atom stereocenters. The van der Waals surface area contributed by atoms with Crippen molar-refractivity contribution in [1.82, 2.24) is 9.13 Å². The summed E-state index contributed by atoms with van der Waals surface area (Å²) in [6, 6.07) is 12.8. The Morgan fingerprint density at radius 2 is 1.77 bits per heavy atom. The van der Waals surface area contributed by atoms with Gasteiger partial charge in [0.25, 0.3) is 5.56 Å². The molecule has 0 saturated heterocycles. The van der Waals surface area contributed by atoms with E-state index in [1.165, 1.54) is 28.0 Å². The van der Waals surface area contributed by atoms with Crippen molar-refractivity contribution in [3.8, 4) is 5.69 Å². The Bertz CT molecular complexity index is 1460. The smallest absolute Gasteiger partial charge is 0.323 e. The van der Waals surface area contributed by atoms with Crippen molar-refractivity contribution in [2.45, 2.75) is 13.5 Å². The molecule has 158 valence electrons. The van der Waals surface area contributed by atoms with Crippen molar-refractivity contribution in [3.63, 3.8) is 0 Å². The fourth-order valence-electron chi connectivity index (χ4n) is 3.18. The topological polar surface area (TPSA) is 73.1 Å². The van der Waals surface area contributed by atoms with E-state index in [0.29, 0.717) is 31.6 Å². The monoisotopic (exact) mass is 493 g/mol. The number of hydrogen-bond acceptors (Lipinski definition) is 4. The molecule has 2 aromatic carbocycles. The molecular weight excluding hydrogens is 481 g/mol. The number of aryl methyl sites for hydroxylation is 1. The van der Waals surface area contributed by atoms with E-state index < -0.39 is 17.2 Å². The summed E-state index contributed by atoms with van der Waals surface area (Å²) in [7, 11) is 0. The van der Waals surface area contributed by atoms with Gasteiger partial charge in [0.2, 0.25) is 5.91 Å². The second kappa shape index (κ2) is 8.51. The molecular formula is C21H14Cl3N3O3S. The number of hydrogen-bond donors (Lipinski definition) is 1. The molecule has 4 aromatic rings. The predicted octanol–water partition coefficient (Wildman–Crippen LogP) is 5.12. The lowest BCUT2D eigenvalue weighted by atomic mass is 10.3. The number of carbonyl (C=O) groups excluding carboxylic acids is 1. The minimum Gasteiger partial charge on any atom is -0.323 e. The second-order valence-electron chi connectivity index (χ2n) is 6.74. The van der Waals surface area contributed by atoms with Crippen LogP contribution in [0.1, 0.15) is 4.88 Å². The first-order valence-electron chi connectivity index (χ1n) is 9.01. The van der Waals surface area contributed by atoms with Gasteiger partial charge in [0.1, 0.15) is 11.4 Å². The molecule has 6 nitrogen and oxygen atoms in total. The van der Waals surface area contributed by atoms with Crippen LogP contribution < -0.4 is 16.6 Å². The van der Waals surface area contributed by atoms with Gasteiger partial charge in [0, 0.05) is 14.9 Å². The molecule has 0 radical (unpaired) electrons. The van der Waals surface area contributed by atoms with E-state index in [1.54, 1.807) is 36.4 Å². The van der Waals surface area contributed by atoms with E-state index in [-0.39, 0.29) is 11.6 Å². The zero-order valence-electron chi connectivity index (χ0n) is 16.0. The Balaban J connectivity index is 1.82. The number of fused-ring (bicyclic) bond motifs is 1. The number of nitrogens with one attached hydrogen (secondary N) is 1. The van der Waals surface area contributed by atoms with E-state index in [9.17, 15) is 14.4 Å². The number of nitrogens with zero attached hydrogens (tertiary/aromatic N) is 2. The maximum atomic E-state index is 13.3. The van der Waals surface area contributed by atoms with Crippen LogP contribution in [-0.4, -0.2) is 15.0 Å². The van der Waals surface area contributed by atoms with Crippen LogP contribution in [0.5, 0.6) is 0 Å². The zero-order chi connectivity index (χ0) is 22.3.